The maximum Gasteiger partial charge on any atom is 0.110 e. The fourth-order valence-corrected chi connectivity index (χ4v) is 4.64. The highest BCUT2D eigenvalue weighted by Gasteiger charge is 2.30. The number of anilines is 2. The van der Waals surface area contributed by atoms with Crippen molar-refractivity contribution in [1.29, 1.82) is 0 Å². The molecule has 0 bridgehead atoms. The minimum absolute atomic E-state index is 0.00441. The highest BCUT2D eigenvalue weighted by molar-refractivity contribution is 6.08. The first-order valence-corrected chi connectivity index (χ1v) is 12.5. The number of azo groups is 2. The molecule has 6 heteroatoms. The van der Waals surface area contributed by atoms with Crippen LogP contribution in [0.4, 0.5) is 34.1 Å². The largest absolute Gasteiger partial charge is 0.364 e. The van der Waals surface area contributed by atoms with Gasteiger partial charge in [-0.05, 0) is 41.8 Å². The summed E-state index contributed by atoms with van der Waals surface area (Å²) < 4.78 is 0. The molecule has 5 aromatic carbocycles. The summed E-state index contributed by atoms with van der Waals surface area (Å²) in [5.41, 5.74) is 5.34. The monoisotopic (exact) mass is 484 g/mol. The van der Waals surface area contributed by atoms with Crippen molar-refractivity contribution in [3.05, 3.63) is 97.1 Å². The number of hydrogen-bond donors (Lipinski definition) is 2. The fourth-order valence-electron chi connectivity index (χ4n) is 4.64. The van der Waals surface area contributed by atoms with E-state index in [0.717, 1.165) is 55.7 Å². The molecule has 182 valence electrons. The topological polar surface area (TPSA) is 73.5 Å². The van der Waals surface area contributed by atoms with Crippen LogP contribution in [0.1, 0.15) is 20.8 Å². The number of fused-ring (bicyclic) bond motifs is 1. The number of rotatable bonds is 4. The van der Waals surface area contributed by atoms with Gasteiger partial charge >= 0.3 is 0 Å². The van der Waals surface area contributed by atoms with E-state index < -0.39 is 0 Å². The van der Waals surface area contributed by atoms with Crippen molar-refractivity contribution < 1.29 is 0 Å². The van der Waals surface area contributed by atoms with Crippen LogP contribution in [-0.4, -0.2) is 6.17 Å². The predicted molar refractivity (Wildman–Crippen MR) is 153 cm³/mol. The van der Waals surface area contributed by atoms with Crippen molar-refractivity contribution in [2.75, 3.05) is 10.6 Å². The highest BCUT2D eigenvalue weighted by Crippen LogP contribution is 2.44. The van der Waals surface area contributed by atoms with Crippen molar-refractivity contribution in [1.82, 2.24) is 0 Å². The number of hydrogen-bond acceptors (Lipinski definition) is 6. The molecule has 1 aliphatic heterocycles. The van der Waals surface area contributed by atoms with E-state index in [1.165, 1.54) is 0 Å². The average Bonchev–Trinajstić information content (AvgIpc) is 2.92. The van der Waals surface area contributed by atoms with Gasteiger partial charge in [0.25, 0.3) is 0 Å². The lowest BCUT2D eigenvalue weighted by molar-refractivity contribution is 0.366. The summed E-state index contributed by atoms with van der Waals surface area (Å²) in [6, 6.07) is 32.2. The van der Waals surface area contributed by atoms with Gasteiger partial charge in [-0.25, -0.2) is 0 Å². The standard InChI is InChI=1S/C31H28N6/c1-31(2,3)30-32-26-15-9-10-20-16-17-27(29(33-30)28(20)26)37-36-25-19-18-24(22-13-7-8-14-23(22)25)35-34-21-11-5-4-6-12-21/h4-19,30,32-33H,1-3H3. The molecular weight excluding hydrogens is 456 g/mol. The minimum atomic E-state index is 0.00441. The van der Waals surface area contributed by atoms with Gasteiger partial charge < -0.3 is 10.6 Å². The van der Waals surface area contributed by atoms with Gasteiger partial charge in [-0.1, -0.05) is 81.4 Å². The molecule has 1 heterocycles. The van der Waals surface area contributed by atoms with Gasteiger partial charge in [0.1, 0.15) is 11.9 Å². The molecule has 0 aromatic heterocycles. The van der Waals surface area contributed by atoms with Crippen LogP contribution in [0.3, 0.4) is 0 Å². The van der Waals surface area contributed by atoms with E-state index >= 15 is 0 Å². The van der Waals surface area contributed by atoms with Crippen molar-refractivity contribution in [3.8, 4) is 0 Å². The van der Waals surface area contributed by atoms with Crippen LogP contribution >= 0.6 is 0 Å². The van der Waals surface area contributed by atoms with E-state index in [-0.39, 0.29) is 11.6 Å². The zero-order valence-electron chi connectivity index (χ0n) is 21.1. The quantitative estimate of drug-likeness (QED) is 0.249. The van der Waals surface area contributed by atoms with Crippen LogP contribution in [0.5, 0.6) is 0 Å². The van der Waals surface area contributed by atoms with Gasteiger partial charge in [-0.15, -0.1) is 15.3 Å². The summed E-state index contributed by atoms with van der Waals surface area (Å²) in [6.45, 7) is 6.65. The molecule has 6 nitrogen and oxygen atoms in total. The van der Waals surface area contributed by atoms with Crippen molar-refractivity contribution in [2.45, 2.75) is 26.9 Å². The average molecular weight is 485 g/mol. The molecule has 6 rings (SSSR count). The van der Waals surface area contributed by atoms with Gasteiger partial charge in [0.2, 0.25) is 0 Å². The van der Waals surface area contributed by atoms with Crippen LogP contribution in [0.25, 0.3) is 21.5 Å². The van der Waals surface area contributed by atoms with E-state index in [1.807, 2.05) is 72.8 Å². The van der Waals surface area contributed by atoms with E-state index in [4.69, 9.17) is 10.2 Å². The molecule has 0 fully saturated rings. The lowest BCUT2D eigenvalue weighted by atomic mass is 9.89. The maximum absolute atomic E-state index is 4.74. The molecular formula is C31H28N6. The van der Waals surface area contributed by atoms with E-state index in [2.05, 4.69) is 65.9 Å². The summed E-state index contributed by atoms with van der Waals surface area (Å²) in [4.78, 5) is 0. The summed E-state index contributed by atoms with van der Waals surface area (Å²) in [7, 11) is 0. The summed E-state index contributed by atoms with van der Waals surface area (Å²) in [6.07, 6.45) is 0.0667. The summed E-state index contributed by atoms with van der Waals surface area (Å²) in [5, 5.41) is 30.0. The Morgan fingerprint density at radius 1 is 0.568 bits per heavy atom. The van der Waals surface area contributed by atoms with Gasteiger partial charge in [0, 0.05) is 27.3 Å². The Labute approximate surface area is 216 Å². The SMILES string of the molecule is CC(C)(C)C1Nc2cccc3ccc(N=Nc4ccc(N=Nc5ccccc5)c5ccccc45)c(c23)N1. The van der Waals surface area contributed by atoms with Crippen molar-refractivity contribution >= 4 is 55.7 Å². The van der Waals surface area contributed by atoms with Crippen LogP contribution < -0.4 is 10.6 Å². The smallest absolute Gasteiger partial charge is 0.110 e. The Balaban J connectivity index is 1.40. The molecule has 0 aliphatic carbocycles. The molecule has 0 amide bonds. The summed E-state index contributed by atoms with van der Waals surface area (Å²) in [5.74, 6) is 0. The van der Waals surface area contributed by atoms with Crippen LogP contribution in [0.2, 0.25) is 0 Å². The van der Waals surface area contributed by atoms with Gasteiger partial charge in [-0.2, -0.15) is 5.11 Å². The van der Waals surface area contributed by atoms with Crippen LogP contribution in [0, 0.1) is 5.41 Å². The van der Waals surface area contributed by atoms with Crippen LogP contribution in [0.15, 0.2) is 118 Å². The van der Waals surface area contributed by atoms with Gasteiger partial charge in [-0.3, -0.25) is 0 Å². The molecule has 1 unspecified atom stereocenters. The molecule has 2 N–H and O–H groups in total. The van der Waals surface area contributed by atoms with Gasteiger partial charge in [0.15, 0.2) is 0 Å². The first kappa shape index (κ1) is 22.9. The number of nitrogens with zero attached hydrogens (tertiary/aromatic N) is 4. The Bertz CT molecular complexity index is 1670. The molecule has 1 atom stereocenters. The van der Waals surface area contributed by atoms with E-state index in [0.29, 0.717) is 0 Å². The first-order chi connectivity index (χ1) is 18.0. The Morgan fingerprint density at radius 2 is 1.19 bits per heavy atom. The normalized spacial score (nSPS) is 15.4. The lowest BCUT2D eigenvalue weighted by Gasteiger charge is -2.38. The zero-order chi connectivity index (χ0) is 25.4. The minimum Gasteiger partial charge on any atom is -0.364 e. The van der Waals surface area contributed by atoms with Gasteiger partial charge in [0.05, 0.1) is 22.7 Å². The lowest BCUT2D eigenvalue weighted by Crippen LogP contribution is -2.42. The van der Waals surface area contributed by atoms with Crippen molar-refractivity contribution in [2.24, 2.45) is 25.9 Å². The Hall–Kier alpha value is -4.58. The summed E-state index contributed by atoms with van der Waals surface area (Å²) >= 11 is 0. The maximum atomic E-state index is 4.74. The van der Waals surface area contributed by atoms with E-state index in [1.54, 1.807) is 0 Å². The fraction of sp³-hybridized carbons (Fsp3) is 0.161. The second-order valence-corrected chi connectivity index (χ2v) is 10.3. The predicted octanol–water partition coefficient (Wildman–Crippen LogP) is 10.0. The third kappa shape index (κ3) is 4.42. The number of nitrogens with one attached hydrogen (secondary N) is 2. The third-order valence-electron chi connectivity index (χ3n) is 6.65. The first-order valence-electron chi connectivity index (χ1n) is 12.5. The van der Waals surface area contributed by atoms with Crippen molar-refractivity contribution in [3.63, 3.8) is 0 Å². The molecule has 37 heavy (non-hydrogen) atoms. The van der Waals surface area contributed by atoms with E-state index in [9.17, 15) is 0 Å². The third-order valence-corrected chi connectivity index (χ3v) is 6.65. The molecule has 0 saturated heterocycles. The highest BCUT2D eigenvalue weighted by atomic mass is 15.2. The molecule has 0 saturated carbocycles. The molecule has 0 spiro atoms. The number of benzene rings is 5. The second kappa shape index (κ2) is 9.13. The second-order valence-electron chi connectivity index (χ2n) is 10.3. The van der Waals surface area contributed by atoms with Crippen LogP contribution in [-0.2, 0) is 0 Å². The molecule has 5 aromatic rings. The Kier molecular flexibility index (Phi) is 5.64. The zero-order valence-corrected chi connectivity index (χ0v) is 21.1. The molecule has 0 radical (unpaired) electrons. The molecule has 1 aliphatic rings. The Morgan fingerprint density at radius 3 is 1.89 bits per heavy atom.